The molecular weight excluding hydrogens is 240 g/mol. The van der Waals surface area contributed by atoms with Gasteiger partial charge in [-0.25, -0.2) is 0 Å². The van der Waals surface area contributed by atoms with Crippen molar-refractivity contribution in [1.82, 2.24) is 0 Å². The largest absolute Gasteiger partial charge is 0.481 e. The van der Waals surface area contributed by atoms with Gasteiger partial charge in [0.15, 0.2) is 0 Å². The van der Waals surface area contributed by atoms with Gasteiger partial charge in [-0.05, 0) is 31.1 Å². The van der Waals surface area contributed by atoms with Crippen LogP contribution >= 0.6 is 0 Å². The Bertz CT molecular complexity index is 368. The van der Waals surface area contributed by atoms with Crippen molar-refractivity contribution in [3.63, 3.8) is 0 Å². The lowest BCUT2D eigenvalue weighted by atomic mass is 9.66. The highest BCUT2D eigenvalue weighted by atomic mass is 16.5. The lowest BCUT2D eigenvalue weighted by Gasteiger charge is -2.37. The van der Waals surface area contributed by atoms with Gasteiger partial charge in [-0.3, -0.25) is 4.79 Å². The van der Waals surface area contributed by atoms with Crippen molar-refractivity contribution in [2.24, 2.45) is 17.3 Å². The number of carboxylic acid groups (broad SMARTS) is 1. The first-order chi connectivity index (χ1) is 8.96. The number of aliphatic carboxylic acids is 1. The topological polar surface area (TPSA) is 46.5 Å². The number of hydrogen-bond acceptors (Lipinski definition) is 2. The minimum atomic E-state index is -0.772. The predicted molar refractivity (Wildman–Crippen MR) is 77.0 cm³/mol. The number of ether oxygens (including phenoxy) is 1. The summed E-state index contributed by atoms with van der Waals surface area (Å²) in [5, 5.41) is 9.75. The molecular formula is C16H26O3. The summed E-state index contributed by atoms with van der Waals surface area (Å²) in [6, 6.07) is 0. The van der Waals surface area contributed by atoms with E-state index in [2.05, 4.69) is 26.8 Å². The second-order valence-electron chi connectivity index (χ2n) is 5.76. The first-order valence-electron chi connectivity index (χ1n) is 7.08. The number of carboxylic acids is 1. The average Bonchev–Trinajstić information content (AvgIpc) is 2.36. The maximum Gasteiger partial charge on any atom is 0.314 e. The standard InChI is InChI=1S/C16H26O3/c1-5-13-6-8-16(15(17)18,11-12(2)3)14(10-13)7-9-19-4/h6,8,10,12,14H,5,7,9,11H2,1-4H3,(H,17,18). The van der Waals surface area contributed by atoms with E-state index >= 15 is 0 Å². The van der Waals surface area contributed by atoms with Crippen molar-refractivity contribution in [1.29, 1.82) is 0 Å². The van der Waals surface area contributed by atoms with Crippen LogP contribution in [0.5, 0.6) is 0 Å². The van der Waals surface area contributed by atoms with Crippen LogP contribution in [0.3, 0.4) is 0 Å². The maximum atomic E-state index is 11.9. The van der Waals surface area contributed by atoms with Crippen LogP contribution in [-0.4, -0.2) is 24.8 Å². The van der Waals surface area contributed by atoms with Crippen molar-refractivity contribution >= 4 is 5.97 Å². The molecule has 3 nitrogen and oxygen atoms in total. The summed E-state index contributed by atoms with van der Waals surface area (Å²) in [5.74, 6) is -0.348. The third-order valence-electron chi connectivity index (χ3n) is 3.86. The maximum absolute atomic E-state index is 11.9. The van der Waals surface area contributed by atoms with Gasteiger partial charge in [-0.2, -0.15) is 0 Å². The molecule has 2 atom stereocenters. The number of carbonyl (C=O) groups is 1. The van der Waals surface area contributed by atoms with Gasteiger partial charge in [0, 0.05) is 13.7 Å². The quantitative estimate of drug-likeness (QED) is 0.765. The number of methoxy groups -OCH3 is 1. The van der Waals surface area contributed by atoms with Gasteiger partial charge in [-0.15, -0.1) is 0 Å². The van der Waals surface area contributed by atoms with E-state index in [1.54, 1.807) is 7.11 Å². The minimum absolute atomic E-state index is 0.0206. The Morgan fingerprint density at radius 1 is 1.53 bits per heavy atom. The summed E-state index contributed by atoms with van der Waals surface area (Å²) in [7, 11) is 1.66. The van der Waals surface area contributed by atoms with Crippen molar-refractivity contribution in [3.8, 4) is 0 Å². The van der Waals surface area contributed by atoms with Crippen molar-refractivity contribution in [2.45, 2.75) is 40.0 Å². The van der Waals surface area contributed by atoms with E-state index in [0.29, 0.717) is 18.9 Å². The molecule has 0 fully saturated rings. The zero-order valence-corrected chi connectivity index (χ0v) is 12.5. The predicted octanol–water partition coefficient (Wildman–Crippen LogP) is 3.66. The normalized spacial score (nSPS) is 26.6. The molecule has 3 heteroatoms. The molecule has 0 aromatic heterocycles. The highest BCUT2D eigenvalue weighted by molar-refractivity contribution is 5.78. The van der Waals surface area contributed by atoms with Crippen LogP contribution in [0.1, 0.15) is 40.0 Å². The van der Waals surface area contributed by atoms with E-state index in [4.69, 9.17) is 4.74 Å². The van der Waals surface area contributed by atoms with E-state index in [1.165, 1.54) is 5.57 Å². The van der Waals surface area contributed by atoms with E-state index in [1.807, 2.05) is 12.2 Å². The molecule has 0 spiro atoms. The number of allylic oxidation sites excluding steroid dienone is 3. The van der Waals surface area contributed by atoms with Crippen molar-refractivity contribution in [2.75, 3.05) is 13.7 Å². The first kappa shape index (κ1) is 16.0. The zero-order valence-electron chi connectivity index (χ0n) is 12.5. The van der Waals surface area contributed by atoms with Crippen LogP contribution in [0.25, 0.3) is 0 Å². The highest BCUT2D eigenvalue weighted by Crippen LogP contribution is 2.43. The summed E-state index contributed by atoms with van der Waals surface area (Å²) in [6.07, 6.45) is 8.39. The van der Waals surface area contributed by atoms with Gasteiger partial charge < -0.3 is 9.84 Å². The summed E-state index contributed by atoms with van der Waals surface area (Å²) >= 11 is 0. The first-order valence-corrected chi connectivity index (χ1v) is 7.08. The van der Waals surface area contributed by atoms with Gasteiger partial charge >= 0.3 is 5.97 Å². The fourth-order valence-electron chi connectivity index (χ4n) is 2.88. The van der Waals surface area contributed by atoms with E-state index < -0.39 is 11.4 Å². The zero-order chi connectivity index (χ0) is 14.5. The molecule has 1 N–H and O–H groups in total. The Balaban J connectivity index is 3.07. The van der Waals surface area contributed by atoms with Crippen LogP contribution in [0.4, 0.5) is 0 Å². The number of hydrogen-bond donors (Lipinski definition) is 1. The molecule has 1 rings (SSSR count). The smallest absolute Gasteiger partial charge is 0.314 e. The fraction of sp³-hybridized carbons (Fsp3) is 0.688. The fourth-order valence-corrected chi connectivity index (χ4v) is 2.88. The lowest BCUT2D eigenvalue weighted by molar-refractivity contribution is -0.149. The summed E-state index contributed by atoms with van der Waals surface area (Å²) < 4.78 is 5.15. The monoisotopic (exact) mass is 266 g/mol. The Morgan fingerprint density at radius 2 is 2.21 bits per heavy atom. The molecule has 1 aliphatic carbocycles. The summed E-state index contributed by atoms with van der Waals surface area (Å²) in [6.45, 7) is 6.84. The van der Waals surface area contributed by atoms with Crippen LogP contribution in [0, 0.1) is 17.3 Å². The van der Waals surface area contributed by atoms with Crippen LogP contribution in [-0.2, 0) is 9.53 Å². The van der Waals surface area contributed by atoms with Gasteiger partial charge in [0.1, 0.15) is 0 Å². The lowest BCUT2D eigenvalue weighted by Crippen LogP contribution is -2.39. The van der Waals surface area contributed by atoms with Crippen LogP contribution < -0.4 is 0 Å². The molecule has 0 aromatic carbocycles. The number of rotatable bonds is 7. The van der Waals surface area contributed by atoms with Crippen LogP contribution in [0.2, 0.25) is 0 Å². The van der Waals surface area contributed by atoms with Gasteiger partial charge in [0.05, 0.1) is 5.41 Å². The average molecular weight is 266 g/mol. The molecule has 0 aliphatic heterocycles. The Hall–Kier alpha value is -1.09. The third-order valence-corrected chi connectivity index (χ3v) is 3.86. The second-order valence-corrected chi connectivity index (χ2v) is 5.76. The highest BCUT2D eigenvalue weighted by Gasteiger charge is 2.44. The molecule has 19 heavy (non-hydrogen) atoms. The van der Waals surface area contributed by atoms with Gasteiger partial charge in [-0.1, -0.05) is 44.6 Å². The molecule has 0 heterocycles. The molecule has 108 valence electrons. The van der Waals surface area contributed by atoms with Gasteiger partial charge in [0.2, 0.25) is 0 Å². The van der Waals surface area contributed by atoms with Crippen LogP contribution in [0.15, 0.2) is 23.8 Å². The minimum Gasteiger partial charge on any atom is -0.481 e. The molecule has 0 radical (unpaired) electrons. The molecule has 2 unspecified atom stereocenters. The van der Waals surface area contributed by atoms with Crippen molar-refractivity contribution in [3.05, 3.63) is 23.8 Å². The Morgan fingerprint density at radius 3 is 2.68 bits per heavy atom. The van der Waals surface area contributed by atoms with Gasteiger partial charge in [0.25, 0.3) is 0 Å². The molecule has 0 saturated carbocycles. The summed E-state index contributed by atoms with van der Waals surface area (Å²) in [4.78, 5) is 11.9. The van der Waals surface area contributed by atoms with E-state index in [0.717, 1.165) is 12.8 Å². The molecule has 0 saturated heterocycles. The van der Waals surface area contributed by atoms with E-state index in [9.17, 15) is 9.90 Å². The van der Waals surface area contributed by atoms with E-state index in [-0.39, 0.29) is 5.92 Å². The Kier molecular flexibility index (Phi) is 5.80. The molecule has 0 amide bonds. The Labute approximate surface area is 116 Å². The third kappa shape index (κ3) is 3.69. The molecule has 1 aliphatic rings. The molecule has 0 bridgehead atoms. The second kappa shape index (κ2) is 6.90. The summed E-state index contributed by atoms with van der Waals surface area (Å²) in [5.41, 5.74) is 0.451. The van der Waals surface area contributed by atoms with Crippen molar-refractivity contribution < 1.29 is 14.6 Å². The SMILES string of the molecule is CCC1=CC(CCOC)C(CC(C)C)(C(=O)O)C=C1. The molecule has 0 aromatic rings.